The molecule has 60 heavy (non-hydrogen) atoms. The van der Waals surface area contributed by atoms with E-state index in [1.807, 2.05) is 0 Å². The summed E-state index contributed by atoms with van der Waals surface area (Å²) in [6.45, 7) is 4.73. The summed E-state index contributed by atoms with van der Waals surface area (Å²) < 4.78 is 8.74. The molecule has 0 spiro atoms. The lowest BCUT2D eigenvalue weighted by atomic mass is 9.80. The standard InChI is InChI=1S/C57H40N2O/c1-57(2)50-35-40(26-30-45(50)47-31-33-54-55(56(47)57)48-21-10-12-23-53(48)60-54)39-16-13-19-43(34-39)58(42-27-24-38(25-28-42)37-14-5-3-6-15-37)44-29-32-52-49(36-44)46-20-9-11-22-51(46)59(52)41-17-7-4-8-18-41/h3-36H,1-2H3. The highest BCUT2D eigenvalue weighted by Gasteiger charge is 2.38. The predicted molar refractivity (Wildman–Crippen MR) is 251 cm³/mol. The van der Waals surface area contributed by atoms with Gasteiger partial charge in [-0.2, -0.15) is 0 Å². The summed E-state index contributed by atoms with van der Waals surface area (Å²) in [5.41, 5.74) is 18.5. The minimum atomic E-state index is -0.217. The summed E-state index contributed by atoms with van der Waals surface area (Å²) in [4.78, 5) is 2.40. The number of rotatable bonds is 6. The molecular formula is C57H40N2O. The highest BCUT2D eigenvalue weighted by Crippen LogP contribution is 2.54. The maximum Gasteiger partial charge on any atom is 0.135 e. The van der Waals surface area contributed by atoms with Gasteiger partial charge in [-0.1, -0.05) is 141 Å². The average molecular weight is 769 g/mol. The molecule has 9 aromatic carbocycles. The Bertz CT molecular complexity index is 3450. The molecule has 0 aliphatic heterocycles. The van der Waals surface area contributed by atoms with Crippen LogP contribution in [0.3, 0.4) is 0 Å². The summed E-state index contributed by atoms with van der Waals surface area (Å²) in [6.07, 6.45) is 0. The van der Waals surface area contributed by atoms with Crippen molar-refractivity contribution in [2.45, 2.75) is 19.3 Å². The lowest BCUT2D eigenvalue weighted by Gasteiger charge is -2.27. The fourth-order valence-corrected chi connectivity index (χ4v) is 9.96. The lowest BCUT2D eigenvalue weighted by molar-refractivity contribution is 0.657. The Morgan fingerprint density at radius 3 is 1.87 bits per heavy atom. The van der Waals surface area contributed by atoms with Crippen molar-refractivity contribution >= 4 is 60.8 Å². The van der Waals surface area contributed by atoms with Gasteiger partial charge in [-0.05, 0) is 123 Å². The smallest absolute Gasteiger partial charge is 0.135 e. The van der Waals surface area contributed by atoms with Gasteiger partial charge in [0, 0.05) is 49.7 Å². The molecule has 0 N–H and O–H groups in total. The number of fused-ring (bicyclic) bond motifs is 10. The van der Waals surface area contributed by atoms with Crippen LogP contribution in [-0.2, 0) is 5.41 Å². The second-order valence-electron chi connectivity index (χ2n) is 16.5. The first-order chi connectivity index (χ1) is 29.5. The number of para-hydroxylation sites is 3. The molecule has 0 unspecified atom stereocenters. The number of anilines is 3. The summed E-state index contributed by atoms with van der Waals surface area (Å²) in [6, 6.07) is 74.8. The van der Waals surface area contributed by atoms with E-state index in [2.05, 4.69) is 230 Å². The topological polar surface area (TPSA) is 21.3 Å². The second kappa shape index (κ2) is 13.2. The van der Waals surface area contributed by atoms with Crippen LogP contribution in [0.1, 0.15) is 25.0 Å². The first kappa shape index (κ1) is 34.4. The average Bonchev–Trinajstić information content (AvgIpc) is 3.92. The highest BCUT2D eigenvalue weighted by molar-refractivity contribution is 6.12. The maximum atomic E-state index is 6.36. The fourth-order valence-electron chi connectivity index (χ4n) is 9.96. The minimum absolute atomic E-state index is 0.217. The first-order valence-electron chi connectivity index (χ1n) is 20.8. The number of benzene rings is 9. The van der Waals surface area contributed by atoms with Gasteiger partial charge in [0.2, 0.25) is 0 Å². The van der Waals surface area contributed by atoms with Crippen molar-refractivity contribution in [2.24, 2.45) is 0 Å². The van der Waals surface area contributed by atoms with Gasteiger partial charge in [-0.25, -0.2) is 0 Å². The van der Waals surface area contributed by atoms with Crippen molar-refractivity contribution in [3.8, 4) is 39.1 Å². The molecule has 1 aliphatic carbocycles. The van der Waals surface area contributed by atoms with Gasteiger partial charge >= 0.3 is 0 Å². The molecule has 0 fully saturated rings. The van der Waals surface area contributed by atoms with E-state index in [1.165, 1.54) is 77.1 Å². The monoisotopic (exact) mass is 768 g/mol. The number of hydrogen-bond acceptors (Lipinski definition) is 2. The quantitative estimate of drug-likeness (QED) is 0.168. The highest BCUT2D eigenvalue weighted by atomic mass is 16.3. The van der Waals surface area contributed by atoms with Crippen molar-refractivity contribution in [3.63, 3.8) is 0 Å². The van der Waals surface area contributed by atoms with Crippen molar-refractivity contribution in [1.82, 2.24) is 4.57 Å². The summed E-state index contributed by atoms with van der Waals surface area (Å²) in [7, 11) is 0. The van der Waals surface area contributed by atoms with E-state index >= 15 is 0 Å². The summed E-state index contributed by atoms with van der Waals surface area (Å²) in [5.74, 6) is 0. The van der Waals surface area contributed by atoms with Crippen LogP contribution in [0.4, 0.5) is 17.1 Å². The van der Waals surface area contributed by atoms with Gasteiger partial charge in [0.05, 0.1) is 11.0 Å². The normalized spacial score (nSPS) is 13.0. The number of hydrogen-bond donors (Lipinski definition) is 0. The van der Waals surface area contributed by atoms with Crippen LogP contribution < -0.4 is 4.90 Å². The lowest BCUT2D eigenvalue weighted by Crippen LogP contribution is -2.15. The molecule has 0 atom stereocenters. The van der Waals surface area contributed by atoms with Crippen LogP contribution in [0.2, 0.25) is 0 Å². The van der Waals surface area contributed by atoms with Crippen molar-refractivity contribution < 1.29 is 4.42 Å². The van der Waals surface area contributed by atoms with Crippen LogP contribution in [0.25, 0.3) is 82.8 Å². The zero-order valence-corrected chi connectivity index (χ0v) is 33.4. The van der Waals surface area contributed by atoms with Crippen molar-refractivity contribution in [1.29, 1.82) is 0 Å². The van der Waals surface area contributed by atoms with E-state index in [0.717, 1.165) is 33.9 Å². The molecule has 2 heterocycles. The van der Waals surface area contributed by atoms with E-state index in [4.69, 9.17) is 4.42 Å². The van der Waals surface area contributed by atoms with Gasteiger partial charge in [0.25, 0.3) is 0 Å². The summed E-state index contributed by atoms with van der Waals surface area (Å²) >= 11 is 0. The van der Waals surface area contributed by atoms with E-state index in [9.17, 15) is 0 Å². The predicted octanol–water partition coefficient (Wildman–Crippen LogP) is 15.8. The van der Waals surface area contributed by atoms with Gasteiger partial charge in [-0.3, -0.25) is 0 Å². The van der Waals surface area contributed by atoms with Crippen LogP contribution >= 0.6 is 0 Å². The van der Waals surface area contributed by atoms with Crippen molar-refractivity contribution in [3.05, 3.63) is 217 Å². The Morgan fingerprint density at radius 2 is 1.03 bits per heavy atom. The molecule has 0 saturated carbocycles. The molecule has 0 bridgehead atoms. The number of furan rings is 1. The minimum Gasteiger partial charge on any atom is -0.456 e. The Kier molecular flexibility index (Phi) is 7.58. The third kappa shape index (κ3) is 5.22. The maximum absolute atomic E-state index is 6.36. The molecular weight excluding hydrogens is 729 g/mol. The third-order valence-electron chi connectivity index (χ3n) is 12.8. The molecule has 0 amide bonds. The Hall–Kier alpha value is -7.62. The molecule has 3 heteroatoms. The van der Waals surface area contributed by atoms with E-state index < -0.39 is 0 Å². The zero-order chi connectivity index (χ0) is 40.0. The fraction of sp³-hybridized carbons (Fsp3) is 0.0526. The van der Waals surface area contributed by atoms with Crippen LogP contribution in [0, 0.1) is 0 Å². The number of nitrogens with zero attached hydrogens (tertiary/aromatic N) is 2. The first-order valence-corrected chi connectivity index (χ1v) is 20.8. The third-order valence-corrected chi connectivity index (χ3v) is 12.8. The Balaban J connectivity index is 1.00. The molecule has 0 saturated heterocycles. The van der Waals surface area contributed by atoms with Crippen LogP contribution in [0.5, 0.6) is 0 Å². The molecule has 11 aromatic rings. The van der Waals surface area contributed by atoms with Crippen LogP contribution in [-0.4, -0.2) is 4.57 Å². The molecule has 12 rings (SSSR count). The van der Waals surface area contributed by atoms with Gasteiger partial charge < -0.3 is 13.9 Å². The molecule has 2 aromatic heterocycles. The Labute approximate surface area is 349 Å². The summed E-state index contributed by atoms with van der Waals surface area (Å²) in [5, 5.41) is 4.85. The van der Waals surface area contributed by atoms with Gasteiger partial charge in [0.1, 0.15) is 11.2 Å². The SMILES string of the molecule is CC1(C)c2cc(-c3cccc(N(c4ccc(-c5ccccc5)cc4)c4ccc5c(c4)c4ccccc4n5-c4ccccc4)c3)ccc2-c2ccc3oc4ccccc4c3c21. The van der Waals surface area contributed by atoms with E-state index in [-0.39, 0.29) is 5.41 Å². The van der Waals surface area contributed by atoms with Crippen LogP contribution in [0.15, 0.2) is 211 Å². The van der Waals surface area contributed by atoms with Crippen molar-refractivity contribution in [2.75, 3.05) is 4.90 Å². The van der Waals surface area contributed by atoms with E-state index in [0.29, 0.717) is 0 Å². The molecule has 1 aliphatic rings. The second-order valence-corrected chi connectivity index (χ2v) is 16.5. The van der Waals surface area contributed by atoms with Gasteiger partial charge in [0.15, 0.2) is 0 Å². The van der Waals surface area contributed by atoms with Gasteiger partial charge in [-0.15, -0.1) is 0 Å². The number of aromatic nitrogens is 1. The zero-order valence-electron chi connectivity index (χ0n) is 33.4. The molecule has 3 nitrogen and oxygen atoms in total. The molecule has 0 radical (unpaired) electrons. The molecule has 284 valence electrons. The largest absolute Gasteiger partial charge is 0.456 e. The Morgan fingerprint density at radius 1 is 0.417 bits per heavy atom. The van der Waals surface area contributed by atoms with E-state index in [1.54, 1.807) is 0 Å².